The zero-order valence-corrected chi connectivity index (χ0v) is 10.3. The first-order valence-corrected chi connectivity index (χ1v) is 5.86. The van der Waals surface area contributed by atoms with Gasteiger partial charge in [-0.05, 0) is 38.8 Å². The highest BCUT2D eigenvalue weighted by atomic mass is 16.5. The zero-order chi connectivity index (χ0) is 12.1. The molecule has 0 radical (unpaired) electrons. The topological polar surface area (TPSA) is 35.3 Å². The maximum atomic E-state index is 5.63. The SMILES string of the molecule is Cc1ccc(OCCCc2cc(C)on2)cc1. The van der Waals surface area contributed by atoms with Crippen LogP contribution in [0.15, 0.2) is 34.9 Å². The van der Waals surface area contributed by atoms with Crippen molar-refractivity contribution in [1.29, 1.82) is 0 Å². The van der Waals surface area contributed by atoms with E-state index < -0.39 is 0 Å². The van der Waals surface area contributed by atoms with E-state index >= 15 is 0 Å². The van der Waals surface area contributed by atoms with Crippen LogP contribution in [0.4, 0.5) is 0 Å². The van der Waals surface area contributed by atoms with Gasteiger partial charge in [0.15, 0.2) is 0 Å². The fourth-order valence-electron chi connectivity index (χ4n) is 1.61. The van der Waals surface area contributed by atoms with Gasteiger partial charge in [-0.1, -0.05) is 22.9 Å². The molecular weight excluding hydrogens is 214 g/mol. The summed E-state index contributed by atoms with van der Waals surface area (Å²) >= 11 is 0. The Kier molecular flexibility index (Phi) is 3.81. The Morgan fingerprint density at radius 2 is 1.94 bits per heavy atom. The Morgan fingerprint density at radius 3 is 2.59 bits per heavy atom. The third-order valence-electron chi connectivity index (χ3n) is 2.54. The van der Waals surface area contributed by atoms with Gasteiger partial charge in [-0.3, -0.25) is 0 Å². The van der Waals surface area contributed by atoms with Gasteiger partial charge in [0.05, 0.1) is 12.3 Å². The van der Waals surface area contributed by atoms with Crippen molar-refractivity contribution < 1.29 is 9.26 Å². The first-order valence-electron chi connectivity index (χ1n) is 5.86. The Morgan fingerprint density at radius 1 is 1.18 bits per heavy atom. The Balaban J connectivity index is 1.71. The van der Waals surface area contributed by atoms with Gasteiger partial charge in [-0.2, -0.15) is 0 Å². The summed E-state index contributed by atoms with van der Waals surface area (Å²) < 4.78 is 10.6. The minimum atomic E-state index is 0.703. The molecule has 0 aliphatic rings. The number of benzene rings is 1. The highest BCUT2D eigenvalue weighted by Crippen LogP contribution is 2.12. The van der Waals surface area contributed by atoms with Gasteiger partial charge < -0.3 is 9.26 Å². The molecule has 1 aromatic carbocycles. The van der Waals surface area contributed by atoms with E-state index in [2.05, 4.69) is 24.2 Å². The Bertz CT molecular complexity index is 459. The molecule has 3 heteroatoms. The van der Waals surface area contributed by atoms with Gasteiger partial charge in [0.1, 0.15) is 11.5 Å². The first kappa shape index (κ1) is 11.7. The predicted molar refractivity (Wildman–Crippen MR) is 66.2 cm³/mol. The number of aryl methyl sites for hydroxylation is 3. The van der Waals surface area contributed by atoms with Gasteiger partial charge in [0, 0.05) is 6.07 Å². The van der Waals surface area contributed by atoms with Gasteiger partial charge in [0.2, 0.25) is 0 Å². The summed E-state index contributed by atoms with van der Waals surface area (Å²) in [5, 5.41) is 3.94. The standard InChI is InChI=1S/C14H17NO2/c1-11-5-7-14(8-6-11)16-9-3-4-13-10-12(2)17-15-13/h5-8,10H,3-4,9H2,1-2H3. The smallest absolute Gasteiger partial charge is 0.133 e. The lowest BCUT2D eigenvalue weighted by molar-refractivity contribution is 0.308. The third kappa shape index (κ3) is 3.63. The summed E-state index contributed by atoms with van der Waals surface area (Å²) in [6, 6.07) is 10.1. The van der Waals surface area contributed by atoms with Crippen LogP contribution in [0.1, 0.15) is 23.4 Å². The molecule has 0 atom stereocenters. The van der Waals surface area contributed by atoms with Crippen LogP contribution in [0.25, 0.3) is 0 Å². The highest BCUT2D eigenvalue weighted by Gasteiger charge is 2.00. The second-order valence-electron chi connectivity index (χ2n) is 4.19. The van der Waals surface area contributed by atoms with Crippen molar-refractivity contribution >= 4 is 0 Å². The minimum absolute atomic E-state index is 0.703. The fourth-order valence-corrected chi connectivity index (χ4v) is 1.61. The van der Waals surface area contributed by atoms with E-state index in [0.717, 1.165) is 30.0 Å². The molecule has 2 rings (SSSR count). The second kappa shape index (κ2) is 5.53. The largest absolute Gasteiger partial charge is 0.494 e. The molecule has 17 heavy (non-hydrogen) atoms. The van der Waals surface area contributed by atoms with Crippen molar-refractivity contribution in [2.24, 2.45) is 0 Å². The van der Waals surface area contributed by atoms with Crippen molar-refractivity contribution in [2.45, 2.75) is 26.7 Å². The lowest BCUT2D eigenvalue weighted by Crippen LogP contribution is -1.99. The molecule has 1 heterocycles. The quantitative estimate of drug-likeness (QED) is 0.740. The van der Waals surface area contributed by atoms with Gasteiger partial charge >= 0.3 is 0 Å². The molecule has 0 saturated heterocycles. The molecule has 1 aromatic heterocycles. The molecule has 0 amide bonds. The monoisotopic (exact) mass is 231 g/mol. The highest BCUT2D eigenvalue weighted by molar-refractivity contribution is 5.26. The lowest BCUT2D eigenvalue weighted by atomic mass is 10.2. The first-order chi connectivity index (χ1) is 8.24. The van der Waals surface area contributed by atoms with E-state index in [4.69, 9.17) is 9.26 Å². The lowest BCUT2D eigenvalue weighted by Gasteiger charge is -2.05. The van der Waals surface area contributed by atoms with E-state index in [-0.39, 0.29) is 0 Å². The van der Waals surface area contributed by atoms with Crippen molar-refractivity contribution in [3.05, 3.63) is 47.3 Å². The number of ether oxygens (including phenoxy) is 1. The molecule has 2 aromatic rings. The van der Waals surface area contributed by atoms with E-state index in [1.54, 1.807) is 0 Å². The average Bonchev–Trinajstić information content (AvgIpc) is 2.73. The van der Waals surface area contributed by atoms with Crippen LogP contribution in [0.3, 0.4) is 0 Å². The van der Waals surface area contributed by atoms with Crippen LogP contribution in [-0.4, -0.2) is 11.8 Å². The number of rotatable bonds is 5. The van der Waals surface area contributed by atoms with Crippen LogP contribution in [0, 0.1) is 13.8 Å². The molecule has 90 valence electrons. The molecule has 0 N–H and O–H groups in total. The molecule has 0 saturated carbocycles. The van der Waals surface area contributed by atoms with Crippen LogP contribution >= 0.6 is 0 Å². The maximum Gasteiger partial charge on any atom is 0.133 e. The number of hydrogen-bond donors (Lipinski definition) is 0. The third-order valence-corrected chi connectivity index (χ3v) is 2.54. The summed E-state index contributed by atoms with van der Waals surface area (Å²) in [5.41, 5.74) is 2.24. The summed E-state index contributed by atoms with van der Waals surface area (Å²) in [5.74, 6) is 1.78. The van der Waals surface area contributed by atoms with Crippen molar-refractivity contribution in [3.8, 4) is 5.75 Å². The molecule has 0 bridgehead atoms. The van der Waals surface area contributed by atoms with Crippen LogP contribution in [-0.2, 0) is 6.42 Å². The van der Waals surface area contributed by atoms with Crippen molar-refractivity contribution in [3.63, 3.8) is 0 Å². The van der Waals surface area contributed by atoms with Gasteiger partial charge in [0.25, 0.3) is 0 Å². The second-order valence-corrected chi connectivity index (χ2v) is 4.19. The van der Waals surface area contributed by atoms with E-state index in [1.807, 2.05) is 25.1 Å². The van der Waals surface area contributed by atoms with Crippen molar-refractivity contribution in [2.75, 3.05) is 6.61 Å². The molecular formula is C14H17NO2. The van der Waals surface area contributed by atoms with Crippen LogP contribution in [0.5, 0.6) is 5.75 Å². The van der Waals surface area contributed by atoms with Crippen LogP contribution in [0.2, 0.25) is 0 Å². The zero-order valence-electron chi connectivity index (χ0n) is 10.3. The summed E-state index contributed by atoms with van der Waals surface area (Å²) in [6.07, 6.45) is 1.84. The van der Waals surface area contributed by atoms with E-state index in [9.17, 15) is 0 Å². The van der Waals surface area contributed by atoms with E-state index in [0.29, 0.717) is 6.61 Å². The van der Waals surface area contributed by atoms with Crippen LogP contribution < -0.4 is 4.74 Å². The predicted octanol–water partition coefficient (Wildman–Crippen LogP) is 3.30. The molecule has 0 aliphatic carbocycles. The van der Waals surface area contributed by atoms with Gasteiger partial charge in [-0.25, -0.2) is 0 Å². The average molecular weight is 231 g/mol. The Hall–Kier alpha value is -1.77. The molecule has 0 spiro atoms. The minimum Gasteiger partial charge on any atom is -0.494 e. The van der Waals surface area contributed by atoms with E-state index in [1.165, 1.54) is 5.56 Å². The summed E-state index contributed by atoms with van der Waals surface area (Å²) in [6.45, 7) is 4.67. The maximum absolute atomic E-state index is 5.63. The summed E-state index contributed by atoms with van der Waals surface area (Å²) in [4.78, 5) is 0. The fraction of sp³-hybridized carbons (Fsp3) is 0.357. The molecule has 0 unspecified atom stereocenters. The molecule has 0 aliphatic heterocycles. The van der Waals surface area contributed by atoms with Crippen molar-refractivity contribution in [1.82, 2.24) is 5.16 Å². The summed E-state index contributed by atoms with van der Waals surface area (Å²) in [7, 11) is 0. The molecule has 0 fully saturated rings. The Labute approximate surface area is 101 Å². The number of aromatic nitrogens is 1. The van der Waals surface area contributed by atoms with Gasteiger partial charge in [-0.15, -0.1) is 0 Å². The number of hydrogen-bond acceptors (Lipinski definition) is 3. The molecule has 3 nitrogen and oxygen atoms in total. The normalized spacial score (nSPS) is 10.5. The number of nitrogens with zero attached hydrogens (tertiary/aromatic N) is 1.